The maximum absolute atomic E-state index is 12.9. The zero-order chi connectivity index (χ0) is 29.8. The van der Waals surface area contributed by atoms with Gasteiger partial charge in [-0.2, -0.15) is 9.97 Å². The Balaban J connectivity index is 1.37. The van der Waals surface area contributed by atoms with Crippen LogP contribution in [0.4, 0.5) is 0 Å². The van der Waals surface area contributed by atoms with Crippen LogP contribution in [0.5, 0.6) is 11.8 Å². The van der Waals surface area contributed by atoms with E-state index in [1.165, 1.54) is 11.1 Å². The molecule has 9 heteroatoms. The van der Waals surface area contributed by atoms with E-state index < -0.39 is 0 Å². The van der Waals surface area contributed by atoms with Crippen LogP contribution in [0, 0.1) is 0 Å². The van der Waals surface area contributed by atoms with Gasteiger partial charge in [0.15, 0.2) is 0 Å². The summed E-state index contributed by atoms with van der Waals surface area (Å²) in [6.45, 7) is 7.06. The molecule has 0 spiro atoms. The number of hydrogen-bond donors (Lipinski definition) is 0. The van der Waals surface area contributed by atoms with Gasteiger partial charge in [0.05, 0.1) is 19.3 Å². The maximum atomic E-state index is 12.9. The monoisotopic (exact) mass is 585 g/mol. The Bertz CT molecular complexity index is 1330. The van der Waals surface area contributed by atoms with Crippen molar-refractivity contribution in [2.24, 2.45) is 0 Å². The van der Waals surface area contributed by atoms with E-state index in [0.29, 0.717) is 43.9 Å². The summed E-state index contributed by atoms with van der Waals surface area (Å²) >= 11 is 0. The lowest BCUT2D eigenvalue weighted by molar-refractivity contribution is -0.140. The minimum Gasteiger partial charge on any atom is -0.481 e. The van der Waals surface area contributed by atoms with Crippen LogP contribution in [0.25, 0.3) is 0 Å². The number of piperazine rings is 2. The maximum Gasteiger partial charge on any atom is 0.248 e. The van der Waals surface area contributed by atoms with E-state index in [1.807, 2.05) is 11.8 Å². The summed E-state index contributed by atoms with van der Waals surface area (Å²) in [5.41, 5.74) is 3.48. The van der Waals surface area contributed by atoms with Crippen LogP contribution in [0.15, 0.2) is 60.7 Å². The predicted molar refractivity (Wildman–Crippen MR) is 164 cm³/mol. The minimum absolute atomic E-state index is 0.0443. The first-order valence-electron chi connectivity index (χ1n) is 15.5. The summed E-state index contributed by atoms with van der Waals surface area (Å²) in [6, 6.07) is 22.0. The summed E-state index contributed by atoms with van der Waals surface area (Å²) in [4.78, 5) is 29.7. The Morgan fingerprint density at radius 3 is 2.19 bits per heavy atom. The Morgan fingerprint density at radius 2 is 1.58 bits per heavy atom. The highest BCUT2D eigenvalue weighted by Gasteiger charge is 2.43. The highest BCUT2D eigenvalue weighted by Crippen LogP contribution is 2.41. The summed E-state index contributed by atoms with van der Waals surface area (Å²) in [5.74, 6) is 2.64. The molecule has 3 aliphatic rings. The predicted octanol–water partition coefficient (Wildman–Crippen LogP) is 3.94. The lowest BCUT2D eigenvalue weighted by Crippen LogP contribution is -2.67. The number of hydrogen-bond acceptors (Lipinski definition) is 8. The van der Waals surface area contributed by atoms with Crippen molar-refractivity contribution in [1.82, 2.24) is 24.7 Å². The molecular formula is C34H43N5O4. The van der Waals surface area contributed by atoms with Gasteiger partial charge in [-0.25, -0.2) is 0 Å². The largest absolute Gasteiger partial charge is 0.481 e. The highest BCUT2D eigenvalue weighted by molar-refractivity contribution is 5.77. The second kappa shape index (κ2) is 13.4. The van der Waals surface area contributed by atoms with Gasteiger partial charge in [0.2, 0.25) is 17.7 Å². The fourth-order valence-electron chi connectivity index (χ4n) is 6.80. The molecule has 1 amide bonds. The number of nitrogens with zero attached hydrogens (tertiary/aromatic N) is 5. The molecule has 1 unspecified atom stereocenters. The molecule has 228 valence electrons. The average molecular weight is 586 g/mol. The van der Waals surface area contributed by atoms with Crippen molar-refractivity contribution in [3.8, 4) is 11.8 Å². The van der Waals surface area contributed by atoms with Gasteiger partial charge in [-0.3, -0.25) is 14.6 Å². The SMILES string of the molecule is CCOc1nc(C2CC2)nc(OC)c1CN1CC(C(c2ccccc2)c2ccccc2)N2CCN(C(=O)COC)C[C@H]2C1. The molecule has 0 N–H and O–H groups in total. The van der Waals surface area contributed by atoms with Gasteiger partial charge >= 0.3 is 0 Å². The van der Waals surface area contributed by atoms with Crippen LogP contribution in [-0.4, -0.2) is 103 Å². The molecule has 6 rings (SSSR count). The Hall–Kier alpha value is -3.53. The van der Waals surface area contributed by atoms with Gasteiger partial charge in [0.1, 0.15) is 12.4 Å². The second-order valence-corrected chi connectivity index (χ2v) is 11.8. The average Bonchev–Trinajstić information content (AvgIpc) is 3.89. The smallest absolute Gasteiger partial charge is 0.248 e. The van der Waals surface area contributed by atoms with Crippen LogP contribution in [-0.2, 0) is 16.1 Å². The number of rotatable bonds is 11. The normalized spacial score (nSPS) is 21.1. The number of fused-ring (bicyclic) bond motifs is 1. The van der Waals surface area contributed by atoms with E-state index in [4.69, 9.17) is 24.2 Å². The van der Waals surface area contributed by atoms with E-state index in [-0.39, 0.29) is 30.5 Å². The zero-order valence-electron chi connectivity index (χ0n) is 25.5. The summed E-state index contributed by atoms with van der Waals surface area (Å²) < 4.78 is 17.2. The van der Waals surface area contributed by atoms with Gasteiger partial charge in [-0.05, 0) is 30.9 Å². The Labute approximate surface area is 254 Å². The van der Waals surface area contributed by atoms with Crippen molar-refractivity contribution in [3.05, 3.63) is 83.2 Å². The van der Waals surface area contributed by atoms with Crippen molar-refractivity contribution in [2.75, 3.05) is 60.2 Å². The lowest BCUT2D eigenvalue weighted by atomic mass is 9.81. The molecular weight excluding hydrogens is 542 g/mol. The molecule has 0 radical (unpaired) electrons. The topological polar surface area (TPSA) is 80.3 Å². The third kappa shape index (κ3) is 6.54. The van der Waals surface area contributed by atoms with Gasteiger partial charge in [-0.1, -0.05) is 60.7 Å². The first-order valence-corrected chi connectivity index (χ1v) is 15.5. The molecule has 2 aliphatic heterocycles. The fourth-order valence-corrected chi connectivity index (χ4v) is 6.80. The van der Waals surface area contributed by atoms with Crippen molar-refractivity contribution < 1.29 is 19.0 Å². The molecule has 2 atom stereocenters. The van der Waals surface area contributed by atoms with Crippen LogP contribution in [0.3, 0.4) is 0 Å². The Morgan fingerprint density at radius 1 is 0.907 bits per heavy atom. The number of ether oxygens (including phenoxy) is 3. The fraction of sp³-hybridized carbons (Fsp3) is 0.500. The summed E-state index contributed by atoms with van der Waals surface area (Å²) in [6.07, 6.45) is 2.22. The number of methoxy groups -OCH3 is 2. The first kappa shape index (κ1) is 29.5. The van der Waals surface area contributed by atoms with Crippen molar-refractivity contribution >= 4 is 5.91 Å². The molecule has 3 aromatic rings. The quantitative estimate of drug-likeness (QED) is 0.335. The third-order valence-electron chi connectivity index (χ3n) is 8.94. The van der Waals surface area contributed by atoms with Crippen LogP contribution >= 0.6 is 0 Å². The molecule has 9 nitrogen and oxygen atoms in total. The molecule has 0 bridgehead atoms. The molecule has 2 saturated heterocycles. The van der Waals surface area contributed by atoms with Gasteiger partial charge < -0.3 is 19.1 Å². The van der Waals surface area contributed by atoms with E-state index in [2.05, 4.69) is 70.5 Å². The molecule has 1 aliphatic carbocycles. The Kier molecular flexibility index (Phi) is 9.21. The van der Waals surface area contributed by atoms with Gasteiger partial charge in [-0.15, -0.1) is 0 Å². The van der Waals surface area contributed by atoms with E-state index in [1.54, 1.807) is 14.2 Å². The molecule has 3 fully saturated rings. The molecule has 2 aromatic carbocycles. The number of benzene rings is 2. The van der Waals surface area contributed by atoms with Crippen molar-refractivity contribution in [3.63, 3.8) is 0 Å². The second-order valence-electron chi connectivity index (χ2n) is 11.8. The minimum atomic E-state index is 0.0443. The van der Waals surface area contributed by atoms with Crippen molar-refractivity contribution in [1.29, 1.82) is 0 Å². The first-order chi connectivity index (χ1) is 21.1. The van der Waals surface area contributed by atoms with Crippen LogP contribution in [0.1, 0.15) is 54.1 Å². The van der Waals surface area contributed by atoms with Crippen LogP contribution in [0.2, 0.25) is 0 Å². The summed E-state index contributed by atoms with van der Waals surface area (Å²) in [5, 5.41) is 0. The van der Waals surface area contributed by atoms with Crippen molar-refractivity contribution in [2.45, 2.75) is 50.2 Å². The standard InChI is InChI=1S/C34H43N5O4/c1-4-43-34-28(33(42-3)35-32(36-34)26-15-16-26)21-37-19-27-20-38(30(40)23-41-2)17-18-39(27)29(22-37)31(24-11-7-5-8-12-24)25-13-9-6-10-14-25/h5-14,26-27,29,31H,4,15-23H2,1-3H3/t27-,29?/m1/s1. The zero-order valence-corrected chi connectivity index (χ0v) is 25.5. The third-order valence-corrected chi connectivity index (χ3v) is 8.94. The lowest BCUT2D eigenvalue weighted by Gasteiger charge is -2.53. The number of aromatic nitrogens is 2. The van der Waals surface area contributed by atoms with Crippen LogP contribution < -0.4 is 9.47 Å². The number of carbonyl (C=O) groups is 1. The van der Waals surface area contributed by atoms with E-state index >= 15 is 0 Å². The highest BCUT2D eigenvalue weighted by atomic mass is 16.5. The number of carbonyl (C=O) groups excluding carboxylic acids is 1. The van der Waals surface area contributed by atoms with Gasteiger partial charge in [0, 0.05) is 70.3 Å². The molecule has 3 heterocycles. The summed E-state index contributed by atoms with van der Waals surface area (Å²) in [7, 11) is 3.26. The van der Waals surface area contributed by atoms with E-state index in [9.17, 15) is 4.79 Å². The van der Waals surface area contributed by atoms with Gasteiger partial charge in [0.25, 0.3) is 0 Å². The molecule has 1 saturated carbocycles. The molecule has 1 aromatic heterocycles. The number of amides is 1. The molecule has 43 heavy (non-hydrogen) atoms. The van der Waals surface area contributed by atoms with E-state index in [0.717, 1.165) is 43.9 Å².